The summed E-state index contributed by atoms with van der Waals surface area (Å²) in [4.78, 5) is 3.89. The molecular formula is C10H14N4O2. The van der Waals surface area contributed by atoms with Gasteiger partial charge in [-0.3, -0.25) is 0 Å². The second-order valence-electron chi connectivity index (χ2n) is 4.09. The number of anilines is 1. The van der Waals surface area contributed by atoms with Gasteiger partial charge in [-0.15, -0.1) is 0 Å². The third-order valence-corrected chi connectivity index (χ3v) is 3.38. The number of hydrogen-bond acceptors (Lipinski definition) is 5. The third-order valence-electron chi connectivity index (χ3n) is 3.38. The molecule has 86 valence electrons. The standard InChI is InChI=1S/C10H14N4O2/c11-2-8-10(12)14(5-13-8)9-1-6(3-15)7(9)4-16/h5-7,9,15-16H,1,3-4,12H2/t6-,7-,9-/m1/s1. The fourth-order valence-electron chi connectivity index (χ4n) is 2.30. The minimum atomic E-state index is -0.00644. The van der Waals surface area contributed by atoms with Crippen LogP contribution < -0.4 is 5.73 Å². The molecule has 1 aromatic heterocycles. The SMILES string of the molecule is N#Cc1ncn([C@@H]2C[C@H](CO)[C@H]2CO)c1N. The zero-order valence-corrected chi connectivity index (χ0v) is 8.74. The zero-order valence-electron chi connectivity index (χ0n) is 8.74. The van der Waals surface area contributed by atoms with Crippen molar-refractivity contribution in [3.63, 3.8) is 0 Å². The topological polar surface area (TPSA) is 108 Å². The Balaban J connectivity index is 2.20. The highest BCUT2D eigenvalue weighted by Crippen LogP contribution is 2.44. The Bertz CT molecular complexity index is 423. The molecule has 0 unspecified atom stereocenters. The minimum absolute atomic E-state index is 0.00644. The van der Waals surface area contributed by atoms with Crippen molar-refractivity contribution in [1.29, 1.82) is 5.26 Å². The number of aliphatic hydroxyl groups is 2. The summed E-state index contributed by atoms with van der Waals surface area (Å²) in [7, 11) is 0. The summed E-state index contributed by atoms with van der Waals surface area (Å²) in [6.45, 7) is 0.0802. The van der Waals surface area contributed by atoms with Crippen LogP contribution in [0.3, 0.4) is 0 Å². The van der Waals surface area contributed by atoms with E-state index in [1.165, 1.54) is 6.33 Å². The van der Waals surface area contributed by atoms with Crippen molar-refractivity contribution in [3.05, 3.63) is 12.0 Å². The van der Waals surface area contributed by atoms with Crippen LogP contribution in [0.1, 0.15) is 18.2 Å². The molecule has 1 aliphatic rings. The third kappa shape index (κ3) is 1.45. The Morgan fingerprint density at radius 3 is 2.81 bits per heavy atom. The average molecular weight is 222 g/mol. The van der Waals surface area contributed by atoms with E-state index in [1.807, 2.05) is 6.07 Å². The maximum Gasteiger partial charge on any atom is 0.182 e. The maximum atomic E-state index is 9.22. The summed E-state index contributed by atoms with van der Waals surface area (Å²) in [6.07, 6.45) is 2.28. The Morgan fingerprint density at radius 2 is 2.31 bits per heavy atom. The molecule has 0 amide bonds. The fraction of sp³-hybridized carbons (Fsp3) is 0.600. The molecule has 4 N–H and O–H groups in total. The molecule has 2 rings (SSSR count). The Kier molecular flexibility index (Phi) is 2.81. The van der Waals surface area contributed by atoms with Crippen molar-refractivity contribution in [2.24, 2.45) is 11.8 Å². The first-order valence-electron chi connectivity index (χ1n) is 5.17. The van der Waals surface area contributed by atoms with E-state index in [2.05, 4.69) is 4.98 Å². The molecule has 1 saturated carbocycles. The Labute approximate surface area is 92.9 Å². The summed E-state index contributed by atoms with van der Waals surface area (Å²) < 4.78 is 1.71. The van der Waals surface area contributed by atoms with Crippen LogP contribution in [0.4, 0.5) is 5.82 Å². The number of nitriles is 1. The van der Waals surface area contributed by atoms with Crippen LogP contribution >= 0.6 is 0 Å². The summed E-state index contributed by atoms with van der Waals surface area (Å²) in [5, 5.41) is 27.0. The molecule has 0 bridgehead atoms. The molecule has 16 heavy (non-hydrogen) atoms. The normalized spacial score (nSPS) is 28.4. The van der Waals surface area contributed by atoms with E-state index in [-0.39, 0.29) is 36.8 Å². The van der Waals surface area contributed by atoms with Gasteiger partial charge in [0.15, 0.2) is 5.69 Å². The lowest BCUT2D eigenvalue weighted by atomic mass is 9.70. The lowest BCUT2D eigenvalue weighted by molar-refractivity contribution is -0.00588. The van der Waals surface area contributed by atoms with E-state index in [4.69, 9.17) is 16.1 Å². The smallest absolute Gasteiger partial charge is 0.182 e. The van der Waals surface area contributed by atoms with Crippen molar-refractivity contribution in [3.8, 4) is 6.07 Å². The van der Waals surface area contributed by atoms with Crippen molar-refractivity contribution >= 4 is 5.82 Å². The monoisotopic (exact) mass is 222 g/mol. The van der Waals surface area contributed by atoms with Crippen LogP contribution in [0, 0.1) is 23.2 Å². The van der Waals surface area contributed by atoms with Crippen LogP contribution in [0.25, 0.3) is 0 Å². The van der Waals surface area contributed by atoms with Gasteiger partial charge in [0.05, 0.1) is 6.33 Å². The van der Waals surface area contributed by atoms with E-state index in [0.29, 0.717) is 5.82 Å². The number of nitrogen functional groups attached to an aromatic ring is 1. The highest BCUT2D eigenvalue weighted by atomic mass is 16.3. The van der Waals surface area contributed by atoms with Crippen LogP contribution in [-0.4, -0.2) is 33.0 Å². The van der Waals surface area contributed by atoms with E-state index in [9.17, 15) is 5.11 Å². The molecule has 0 aromatic carbocycles. The molecule has 3 atom stereocenters. The Hall–Kier alpha value is -1.58. The minimum Gasteiger partial charge on any atom is -0.396 e. The van der Waals surface area contributed by atoms with Crippen LogP contribution in [0.15, 0.2) is 6.33 Å². The number of rotatable bonds is 3. The molecule has 1 fully saturated rings. The molecule has 0 radical (unpaired) electrons. The van der Waals surface area contributed by atoms with Gasteiger partial charge in [-0.1, -0.05) is 0 Å². The van der Waals surface area contributed by atoms with Gasteiger partial charge in [0.2, 0.25) is 0 Å². The molecule has 0 spiro atoms. The number of nitrogens with two attached hydrogens (primary N) is 1. The molecular weight excluding hydrogens is 208 g/mol. The quantitative estimate of drug-likeness (QED) is 0.638. The van der Waals surface area contributed by atoms with Gasteiger partial charge in [-0.25, -0.2) is 4.98 Å². The molecule has 1 heterocycles. The predicted octanol–water partition coefficient (Wildman–Crippen LogP) is -0.501. The highest BCUT2D eigenvalue weighted by Gasteiger charge is 2.41. The van der Waals surface area contributed by atoms with Crippen molar-refractivity contribution in [2.75, 3.05) is 18.9 Å². The van der Waals surface area contributed by atoms with Gasteiger partial charge in [0.1, 0.15) is 11.9 Å². The van der Waals surface area contributed by atoms with Crippen LogP contribution in [0.5, 0.6) is 0 Å². The highest BCUT2D eigenvalue weighted by molar-refractivity contribution is 5.45. The number of hydrogen-bond donors (Lipinski definition) is 3. The molecule has 0 aliphatic heterocycles. The van der Waals surface area contributed by atoms with E-state index in [0.717, 1.165) is 6.42 Å². The average Bonchev–Trinajstić information content (AvgIpc) is 2.60. The van der Waals surface area contributed by atoms with Crippen molar-refractivity contribution in [2.45, 2.75) is 12.5 Å². The van der Waals surface area contributed by atoms with Crippen molar-refractivity contribution < 1.29 is 10.2 Å². The Morgan fingerprint density at radius 1 is 1.56 bits per heavy atom. The van der Waals surface area contributed by atoms with E-state index < -0.39 is 0 Å². The first-order valence-corrected chi connectivity index (χ1v) is 5.17. The summed E-state index contributed by atoms with van der Waals surface area (Å²) in [5.41, 5.74) is 5.97. The molecule has 0 saturated heterocycles. The number of aliphatic hydroxyl groups excluding tert-OH is 2. The molecule has 6 heteroatoms. The first kappa shape index (κ1) is 10.9. The summed E-state index contributed by atoms with van der Waals surface area (Å²) >= 11 is 0. The lowest BCUT2D eigenvalue weighted by Gasteiger charge is -2.43. The van der Waals surface area contributed by atoms with E-state index >= 15 is 0 Å². The first-order chi connectivity index (χ1) is 7.72. The largest absolute Gasteiger partial charge is 0.396 e. The van der Waals surface area contributed by atoms with Gasteiger partial charge in [0.25, 0.3) is 0 Å². The van der Waals surface area contributed by atoms with Gasteiger partial charge in [0, 0.05) is 25.2 Å². The molecule has 1 aromatic rings. The summed E-state index contributed by atoms with van der Waals surface area (Å²) in [6, 6.07) is 1.95. The van der Waals surface area contributed by atoms with Gasteiger partial charge in [-0.05, 0) is 12.3 Å². The van der Waals surface area contributed by atoms with Gasteiger partial charge >= 0.3 is 0 Å². The predicted molar refractivity (Wildman–Crippen MR) is 56.2 cm³/mol. The lowest BCUT2D eigenvalue weighted by Crippen LogP contribution is -2.42. The number of imidazole rings is 1. The second kappa shape index (κ2) is 4.12. The van der Waals surface area contributed by atoms with Crippen LogP contribution in [0.2, 0.25) is 0 Å². The summed E-state index contributed by atoms with van der Waals surface area (Å²) in [5.74, 6) is 0.442. The molecule has 1 aliphatic carbocycles. The van der Waals surface area contributed by atoms with Crippen LogP contribution in [-0.2, 0) is 0 Å². The number of nitrogens with zero attached hydrogens (tertiary/aromatic N) is 3. The zero-order chi connectivity index (χ0) is 11.7. The second-order valence-corrected chi connectivity index (χ2v) is 4.09. The maximum absolute atomic E-state index is 9.22. The number of aromatic nitrogens is 2. The molecule has 6 nitrogen and oxygen atoms in total. The van der Waals surface area contributed by atoms with Crippen molar-refractivity contribution in [1.82, 2.24) is 9.55 Å². The van der Waals surface area contributed by atoms with Gasteiger partial charge < -0.3 is 20.5 Å². The van der Waals surface area contributed by atoms with Gasteiger partial charge in [-0.2, -0.15) is 5.26 Å². The fourth-order valence-corrected chi connectivity index (χ4v) is 2.30. The van der Waals surface area contributed by atoms with E-state index in [1.54, 1.807) is 4.57 Å².